The minimum Gasteiger partial charge on any atom is -0.491 e. The third-order valence-electron chi connectivity index (χ3n) is 3.25. The number of nitrogens with two attached hydrogens (primary N) is 1. The second-order valence-corrected chi connectivity index (χ2v) is 5.00. The highest BCUT2D eigenvalue weighted by atomic mass is 16.5. The van der Waals surface area contributed by atoms with Crippen LogP contribution in [0.3, 0.4) is 0 Å². The number of rotatable bonds is 9. The number of unbranched alkanes of at least 4 members (excludes halogenated alkanes) is 1. The second-order valence-electron chi connectivity index (χ2n) is 5.00. The van der Waals surface area contributed by atoms with Gasteiger partial charge in [-0.25, -0.2) is 4.98 Å². The van der Waals surface area contributed by atoms with E-state index in [9.17, 15) is 0 Å². The van der Waals surface area contributed by atoms with Crippen LogP contribution in [0.1, 0.15) is 26.2 Å². The van der Waals surface area contributed by atoms with Gasteiger partial charge < -0.3 is 20.4 Å². The maximum absolute atomic E-state index is 6.12. The molecule has 0 radical (unpaired) electrons. The minimum absolute atomic E-state index is 0.693. The Bertz CT molecular complexity index is 525. The average molecular weight is 288 g/mol. The lowest BCUT2D eigenvalue weighted by Gasteiger charge is -2.13. The molecule has 5 nitrogen and oxygen atoms in total. The molecule has 1 aromatic heterocycles. The van der Waals surface area contributed by atoms with Crippen molar-refractivity contribution < 1.29 is 4.74 Å². The van der Waals surface area contributed by atoms with Crippen molar-refractivity contribution in [2.24, 2.45) is 0 Å². The largest absolute Gasteiger partial charge is 0.491 e. The summed E-state index contributed by atoms with van der Waals surface area (Å²) in [5.41, 5.74) is 7.76. The van der Waals surface area contributed by atoms with Crippen molar-refractivity contribution in [2.45, 2.75) is 32.7 Å². The maximum atomic E-state index is 6.12. The summed E-state index contributed by atoms with van der Waals surface area (Å²) in [4.78, 5) is 4.03. The number of imidazole rings is 1. The number of nitrogens with one attached hydrogen (secondary N) is 1. The molecule has 0 aliphatic rings. The molecule has 21 heavy (non-hydrogen) atoms. The fraction of sp³-hybridized carbons (Fsp3) is 0.438. The monoisotopic (exact) mass is 288 g/mol. The maximum Gasteiger partial charge on any atom is 0.144 e. The first kappa shape index (κ1) is 15.2. The molecule has 2 rings (SSSR count). The quantitative estimate of drug-likeness (QED) is 0.549. The van der Waals surface area contributed by atoms with Gasteiger partial charge >= 0.3 is 0 Å². The number of nitrogens with zero attached hydrogens (tertiary/aromatic N) is 2. The Morgan fingerprint density at radius 3 is 3.00 bits per heavy atom. The molecule has 0 saturated carbocycles. The summed E-state index contributed by atoms with van der Waals surface area (Å²) in [6.45, 7) is 4.67. The number of para-hydroxylation sites is 1. The average Bonchev–Trinajstić information content (AvgIpc) is 3.00. The summed E-state index contributed by atoms with van der Waals surface area (Å²) >= 11 is 0. The number of hydrogen-bond donors (Lipinski definition) is 2. The minimum atomic E-state index is 0.693. The molecule has 1 aromatic carbocycles. The lowest BCUT2D eigenvalue weighted by Crippen LogP contribution is -2.07. The van der Waals surface area contributed by atoms with Gasteiger partial charge in [0, 0.05) is 25.5 Å². The zero-order chi connectivity index (χ0) is 14.9. The lowest BCUT2D eigenvalue weighted by molar-refractivity contribution is 0.319. The number of aryl methyl sites for hydroxylation is 1. The van der Waals surface area contributed by atoms with Crippen LogP contribution >= 0.6 is 0 Å². The number of hydrogen-bond acceptors (Lipinski definition) is 4. The van der Waals surface area contributed by atoms with Crippen LogP contribution in [-0.2, 0) is 6.54 Å². The van der Waals surface area contributed by atoms with Crippen LogP contribution in [0, 0.1) is 0 Å². The standard InChI is InChI=1S/C16H24N4O/c1-2-12-21-15-7-5-6-14(16(15)17)19-8-3-4-10-20-11-9-18-13-20/h5-7,9,11,13,19H,2-4,8,10,12,17H2,1H3. The highest BCUT2D eigenvalue weighted by Gasteiger charge is 2.05. The van der Waals surface area contributed by atoms with Crippen LogP contribution in [0.25, 0.3) is 0 Å². The van der Waals surface area contributed by atoms with Crippen molar-refractivity contribution in [1.29, 1.82) is 0 Å². The molecule has 1 heterocycles. The van der Waals surface area contributed by atoms with E-state index in [0.29, 0.717) is 12.3 Å². The topological polar surface area (TPSA) is 65.1 Å². The van der Waals surface area contributed by atoms with E-state index < -0.39 is 0 Å². The molecular formula is C16H24N4O. The highest BCUT2D eigenvalue weighted by Crippen LogP contribution is 2.29. The van der Waals surface area contributed by atoms with Crippen molar-refractivity contribution in [3.05, 3.63) is 36.9 Å². The van der Waals surface area contributed by atoms with Gasteiger partial charge in [-0.1, -0.05) is 13.0 Å². The molecule has 0 spiro atoms. The van der Waals surface area contributed by atoms with Gasteiger partial charge in [-0.15, -0.1) is 0 Å². The zero-order valence-electron chi connectivity index (χ0n) is 12.6. The molecule has 0 saturated heterocycles. The van der Waals surface area contributed by atoms with E-state index >= 15 is 0 Å². The summed E-state index contributed by atoms with van der Waals surface area (Å²) < 4.78 is 7.72. The van der Waals surface area contributed by atoms with Gasteiger partial charge in [-0.3, -0.25) is 0 Å². The highest BCUT2D eigenvalue weighted by molar-refractivity contribution is 5.72. The fourth-order valence-corrected chi connectivity index (χ4v) is 2.10. The van der Waals surface area contributed by atoms with Crippen LogP contribution in [0.2, 0.25) is 0 Å². The zero-order valence-corrected chi connectivity index (χ0v) is 12.6. The van der Waals surface area contributed by atoms with E-state index in [1.165, 1.54) is 0 Å². The van der Waals surface area contributed by atoms with Crippen molar-refractivity contribution >= 4 is 11.4 Å². The Hall–Kier alpha value is -2.17. The molecule has 0 atom stereocenters. The van der Waals surface area contributed by atoms with Gasteiger partial charge in [-0.2, -0.15) is 0 Å². The van der Waals surface area contributed by atoms with E-state index in [2.05, 4.69) is 21.8 Å². The van der Waals surface area contributed by atoms with Crippen molar-refractivity contribution in [2.75, 3.05) is 24.2 Å². The van der Waals surface area contributed by atoms with E-state index in [1.807, 2.05) is 30.7 Å². The smallest absolute Gasteiger partial charge is 0.144 e. The Balaban J connectivity index is 1.74. The number of ether oxygens (including phenoxy) is 1. The lowest BCUT2D eigenvalue weighted by atomic mass is 10.2. The van der Waals surface area contributed by atoms with Gasteiger partial charge in [0.15, 0.2) is 0 Å². The molecule has 2 aromatic rings. The van der Waals surface area contributed by atoms with Crippen LogP contribution in [0.4, 0.5) is 11.4 Å². The van der Waals surface area contributed by atoms with Gasteiger partial charge in [0.2, 0.25) is 0 Å². The van der Waals surface area contributed by atoms with E-state index in [0.717, 1.165) is 43.8 Å². The first-order chi connectivity index (χ1) is 10.3. The van der Waals surface area contributed by atoms with Crippen molar-refractivity contribution in [3.63, 3.8) is 0 Å². The van der Waals surface area contributed by atoms with E-state index in [-0.39, 0.29) is 0 Å². The molecule has 0 aliphatic heterocycles. The first-order valence-electron chi connectivity index (χ1n) is 7.52. The number of anilines is 2. The Morgan fingerprint density at radius 1 is 1.33 bits per heavy atom. The van der Waals surface area contributed by atoms with Gasteiger partial charge in [0.05, 0.1) is 24.3 Å². The third-order valence-corrected chi connectivity index (χ3v) is 3.25. The summed E-state index contributed by atoms with van der Waals surface area (Å²) in [6, 6.07) is 5.87. The number of benzene rings is 1. The summed E-state index contributed by atoms with van der Waals surface area (Å²) in [6.07, 6.45) is 8.80. The Morgan fingerprint density at radius 2 is 2.24 bits per heavy atom. The van der Waals surface area contributed by atoms with Crippen LogP contribution in [-0.4, -0.2) is 22.7 Å². The molecule has 0 amide bonds. The predicted octanol–water partition coefficient (Wildman–Crippen LogP) is 3.15. The first-order valence-corrected chi connectivity index (χ1v) is 7.52. The number of aromatic nitrogens is 2. The summed E-state index contributed by atoms with van der Waals surface area (Å²) in [5.74, 6) is 0.764. The van der Waals surface area contributed by atoms with Gasteiger partial charge in [-0.05, 0) is 31.4 Å². The molecule has 3 N–H and O–H groups in total. The van der Waals surface area contributed by atoms with Crippen molar-refractivity contribution in [3.8, 4) is 5.75 Å². The molecule has 0 bridgehead atoms. The Kier molecular flexibility index (Phi) is 5.94. The molecule has 0 aliphatic carbocycles. The molecule has 114 valence electrons. The Labute approximate surface area is 126 Å². The van der Waals surface area contributed by atoms with Crippen molar-refractivity contribution in [1.82, 2.24) is 9.55 Å². The molecular weight excluding hydrogens is 264 g/mol. The number of nitrogen functional groups attached to an aromatic ring is 1. The predicted molar refractivity (Wildman–Crippen MR) is 86.6 cm³/mol. The SMILES string of the molecule is CCCOc1cccc(NCCCCn2ccnc2)c1N. The van der Waals surface area contributed by atoms with Crippen LogP contribution in [0.5, 0.6) is 5.75 Å². The van der Waals surface area contributed by atoms with Crippen LogP contribution < -0.4 is 15.8 Å². The third kappa shape index (κ3) is 4.70. The fourth-order valence-electron chi connectivity index (χ4n) is 2.10. The summed E-state index contributed by atoms with van der Waals surface area (Å²) in [5, 5.41) is 3.38. The normalized spacial score (nSPS) is 10.5. The molecule has 5 heteroatoms. The molecule has 0 fully saturated rings. The van der Waals surface area contributed by atoms with E-state index in [4.69, 9.17) is 10.5 Å². The van der Waals surface area contributed by atoms with E-state index in [1.54, 1.807) is 6.20 Å². The van der Waals surface area contributed by atoms with Gasteiger partial charge in [0.1, 0.15) is 5.75 Å². The second kappa shape index (κ2) is 8.19. The van der Waals surface area contributed by atoms with Crippen LogP contribution in [0.15, 0.2) is 36.9 Å². The van der Waals surface area contributed by atoms with Gasteiger partial charge in [0.25, 0.3) is 0 Å². The summed E-state index contributed by atoms with van der Waals surface area (Å²) in [7, 11) is 0. The molecule has 0 unspecified atom stereocenters.